The number of hydrogen-bond acceptors (Lipinski definition) is 5. The number of nitrogens with one attached hydrogen (secondary N) is 1. The molecule has 5 nitrogen and oxygen atoms in total. The molecule has 1 aromatic rings. The average Bonchev–Trinajstić information content (AvgIpc) is 2.31. The summed E-state index contributed by atoms with van der Waals surface area (Å²) >= 11 is 0. The first-order valence-electron chi connectivity index (χ1n) is 5.39. The highest BCUT2D eigenvalue weighted by Crippen LogP contribution is 2.21. The molecule has 0 aromatic carbocycles. The van der Waals surface area contributed by atoms with Crippen molar-refractivity contribution in [3.05, 3.63) is 11.8 Å². The molecule has 0 unspecified atom stereocenters. The molecule has 0 bridgehead atoms. The van der Waals surface area contributed by atoms with Crippen molar-refractivity contribution in [1.29, 1.82) is 0 Å². The van der Waals surface area contributed by atoms with Gasteiger partial charge in [0.15, 0.2) is 5.82 Å². The minimum Gasteiger partial charge on any atom is -0.380 e. The summed E-state index contributed by atoms with van der Waals surface area (Å²) in [4.78, 5) is 2.26. The molecule has 1 aromatic heterocycles. The molecule has 1 saturated heterocycles. The number of aromatic nitrogens is 2. The van der Waals surface area contributed by atoms with Gasteiger partial charge in [0, 0.05) is 26.2 Å². The third-order valence-electron chi connectivity index (χ3n) is 2.67. The Balaban J connectivity index is 2.24. The fraction of sp³-hybridized carbons (Fsp3) is 0.600. The highest BCUT2D eigenvalue weighted by atomic mass is 15.2. The Morgan fingerprint density at radius 2 is 2.13 bits per heavy atom. The van der Waals surface area contributed by atoms with Crippen LogP contribution in [0.3, 0.4) is 0 Å². The largest absolute Gasteiger partial charge is 0.380 e. The topological polar surface area (TPSA) is 67.1 Å². The van der Waals surface area contributed by atoms with E-state index in [1.54, 1.807) is 0 Å². The van der Waals surface area contributed by atoms with Crippen molar-refractivity contribution in [2.24, 2.45) is 0 Å². The minimum atomic E-state index is 0.536. The lowest BCUT2D eigenvalue weighted by atomic mass is 10.2. The molecule has 0 radical (unpaired) electrons. The maximum Gasteiger partial charge on any atom is 0.169 e. The SMILES string of the molecule is CCc1cc(N2CCNCC2)c(N)nn1. The first-order valence-corrected chi connectivity index (χ1v) is 5.39. The molecule has 2 rings (SSSR count). The zero-order valence-corrected chi connectivity index (χ0v) is 9.03. The lowest BCUT2D eigenvalue weighted by Gasteiger charge is -2.29. The highest BCUT2D eigenvalue weighted by molar-refractivity contribution is 5.63. The number of aryl methyl sites for hydroxylation is 1. The smallest absolute Gasteiger partial charge is 0.169 e. The van der Waals surface area contributed by atoms with Crippen LogP contribution in [-0.2, 0) is 6.42 Å². The van der Waals surface area contributed by atoms with Crippen molar-refractivity contribution in [1.82, 2.24) is 15.5 Å². The van der Waals surface area contributed by atoms with E-state index in [-0.39, 0.29) is 0 Å². The molecular weight excluding hydrogens is 190 g/mol. The second-order valence-corrected chi connectivity index (χ2v) is 3.70. The lowest BCUT2D eigenvalue weighted by molar-refractivity contribution is 0.588. The van der Waals surface area contributed by atoms with Gasteiger partial charge in [-0.1, -0.05) is 6.92 Å². The van der Waals surface area contributed by atoms with Crippen molar-refractivity contribution in [3.8, 4) is 0 Å². The summed E-state index contributed by atoms with van der Waals surface area (Å²) in [6, 6.07) is 2.05. The van der Waals surface area contributed by atoms with Crippen molar-refractivity contribution >= 4 is 11.5 Å². The molecule has 0 spiro atoms. The van der Waals surface area contributed by atoms with Crippen LogP contribution in [0.15, 0.2) is 6.07 Å². The van der Waals surface area contributed by atoms with E-state index >= 15 is 0 Å². The number of nitrogen functional groups attached to an aromatic ring is 1. The number of rotatable bonds is 2. The lowest BCUT2D eigenvalue weighted by Crippen LogP contribution is -2.44. The van der Waals surface area contributed by atoms with Crippen LogP contribution in [0.25, 0.3) is 0 Å². The molecule has 0 saturated carbocycles. The van der Waals surface area contributed by atoms with E-state index in [0.717, 1.165) is 44.0 Å². The Morgan fingerprint density at radius 3 is 2.80 bits per heavy atom. The molecule has 2 heterocycles. The number of hydrogen-bond donors (Lipinski definition) is 2. The summed E-state index contributed by atoms with van der Waals surface area (Å²) in [5, 5.41) is 11.3. The molecule has 15 heavy (non-hydrogen) atoms. The van der Waals surface area contributed by atoms with E-state index in [9.17, 15) is 0 Å². The fourth-order valence-electron chi connectivity index (χ4n) is 1.76. The molecule has 82 valence electrons. The van der Waals surface area contributed by atoms with E-state index in [1.165, 1.54) is 0 Å². The number of nitrogens with zero attached hydrogens (tertiary/aromatic N) is 3. The third kappa shape index (κ3) is 2.18. The number of anilines is 2. The van der Waals surface area contributed by atoms with Crippen LogP contribution in [0.5, 0.6) is 0 Å². The molecule has 5 heteroatoms. The summed E-state index contributed by atoms with van der Waals surface area (Å²) < 4.78 is 0. The maximum atomic E-state index is 5.84. The standard InChI is InChI=1S/C10H17N5/c1-2-8-7-9(10(11)14-13-8)15-5-3-12-4-6-15/h7,12H,2-6H2,1H3,(H2,11,14). The van der Waals surface area contributed by atoms with Gasteiger partial charge in [0.25, 0.3) is 0 Å². The number of nitrogens with two attached hydrogens (primary N) is 1. The van der Waals surface area contributed by atoms with Crippen molar-refractivity contribution in [2.45, 2.75) is 13.3 Å². The van der Waals surface area contributed by atoms with Crippen LogP contribution in [-0.4, -0.2) is 36.4 Å². The van der Waals surface area contributed by atoms with Crippen molar-refractivity contribution < 1.29 is 0 Å². The summed E-state index contributed by atoms with van der Waals surface area (Å²) in [6.07, 6.45) is 0.895. The molecular formula is C10H17N5. The van der Waals surface area contributed by atoms with Gasteiger partial charge in [-0.3, -0.25) is 0 Å². The predicted octanol–water partition coefficient (Wildman–Crippen LogP) is 0.0308. The Bertz CT molecular complexity index is 333. The van der Waals surface area contributed by atoms with E-state index in [1.807, 2.05) is 6.07 Å². The van der Waals surface area contributed by atoms with Crippen LogP contribution in [0.2, 0.25) is 0 Å². The molecule has 0 aliphatic carbocycles. The van der Waals surface area contributed by atoms with Crippen LogP contribution in [0.4, 0.5) is 11.5 Å². The fourth-order valence-corrected chi connectivity index (χ4v) is 1.76. The van der Waals surface area contributed by atoms with Crippen LogP contribution < -0.4 is 16.0 Å². The van der Waals surface area contributed by atoms with Crippen molar-refractivity contribution in [2.75, 3.05) is 36.8 Å². The number of piperazine rings is 1. The van der Waals surface area contributed by atoms with Gasteiger partial charge in [-0.15, -0.1) is 5.10 Å². The Kier molecular flexibility index (Phi) is 3.01. The van der Waals surface area contributed by atoms with Gasteiger partial charge in [-0.2, -0.15) is 5.10 Å². The molecule has 1 fully saturated rings. The van der Waals surface area contributed by atoms with Gasteiger partial charge in [0.1, 0.15) is 0 Å². The normalized spacial score (nSPS) is 16.7. The zero-order chi connectivity index (χ0) is 10.7. The quantitative estimate of drug-likeness (QED) is 0.716. The van der Waals surface area contributed by atoms with Crippen LogP contribution in [0, 0.1) is 0 Å². The van der Waals surface area contributed by atoms with E-state index < -0.39 is 0 Å². The van der Waals surface area contributed by atoms with Gasteiger partial charge in [0.2, 0.25) is 0 Å². The Hall–Kier alpha value is -1.36. The average molecular weight is 207 g/mol. The summed E-state index contributed by atoms with van der Waals surface area (Å²) in [6.45, 7) is 6.05. The van der Waals surface area contributed by atoms with Gasteiger partial charge in [-0.05, 0) is 12.5 Å². The second-order valence-electron chi connectivity index (χ2n) is 3.70. The molecule has 1 aliphatic heterocycles. The summed E-state index contributed by atoms with van der Waals surface area (Å²) in [5.41, 5.74) is 7.87. The first-order chi connectivity index (χ1) is 7.31. The third-order valence-corrected chi connectivity index (χ3v) is 2.67. The predicted molar refractivity (Wildman–Crippen MR) is 60.9 cm³/mol. The van der Waals surface area contributed by atoms with Crippen molar-refractivity contribution in [3.63, 3.8) is 0 Å². The summed E-state index contributed by atoms with van der Waals surface area (Å²) in [5.74, 6) is 0.536. The van der Waals surface area contributed by atoms with E-state index in [0.29, 0.717) is 5.82 Å². The monoisotopic (exact) mass is 207 g/mol. The van der Waals surface area contributed by atoms with Crippen LogP contribution in [0.1, 0.15) is 12.6 Å². The molecule has 1 aliphatic rings. The first kappa shape index (κ1) is 10.2. The molecule has 0 amide bonds. The minimum absolute atomic E-state index is 0.536. The Labute approximate surface area is 89.7 Å². The van der Waals surface area contributed by atoms with Gasteiger partial charge in [0.05, 0.1) is 11.4 Å². The summed E-state index contributed by atoms with van der Waals surface area (Å²) in [7, 11) is 0. The molecule has 0 atom stereocenters. The maximum absolute atomic E-state index is 5.84. The van der Waals surface area contributed by atoms with Crippen LogP contribution >= 0.6 is 0 Å². The zero-order valence-electron chi connectivity index (χ0n) is 9.03. The molecule has 3 N–H and O–H groups in total. The second kappa shape index (κ2) is 4.44. The van der Waals surface area contributed by atoms with Gasteiger partial charge >= 0.3 is 0 Å². The highest BCUT2D eigenvalue weighted by Gasteiger charge is 2.14. The van der Waals surface area contributed by atoms with Gasteiger partial charge < -0.3 is 16.0 Å². The van der Waals surface area contributed by atoms with E-state index in [4.69, 9.17) is 5.73 Å². The van der Waals surface area contributed by atoms with E-state index in [2.05, 4.69) is 27.3 Å². The Morgan fingerprint density at radius 1 is 1.40 bits per heavy atom. The van der Waals surface area contributed by atoms with Gasteiger partial charge in [-0.25, -0.2) is 0 Å².